The topological polar surface area (TPSA) is 38.3 Å². The van der Waals surface area contributed by atoms with Crippen LogP contribution < -0.4 is 10.1 Å². The number of carbonyl (C=O) groups is 1. The Kier molecular flexibility index (Phi) is 7.45. The fourth-order valence-corrected chi connectivity index (χ4v) is 3.73. The average molecular weight is 420 g/mol. The lowest BCUT2D eigenvalue weighted by molar-refractivity contribution is 0.0931. The minimum atomic E-state index is -0.402. The highest BCUT2D eigenvalue weighted by Crippen LogP contribution is 2.24. The molecule has 0 fully saturated rings. The first-order valence-electron chi connectivity index (χ1n) is 10.7. The minimum absolute atomic E-state index is 0.0654. The highest BCUT2D eigenvalue weighted by atomic mass is 19.1. The van der Waals surface area contributed by atoms with E-state index < -0.39 is 5.82 Å². The number of halogens is 1. The van der Waals surface area contributed by atoms with Crippen molar-refractivity contribution in [2.45, 2.75) is 46.8 Å². The average Bonchev–Trinajstić information content (AvgIpc) is 2.72. The van der Waals surface area contributed by atoms with E-state index >= 15 is 0 Å². The van der Waals surface area contributed by atoms with Crippen LogP contribution in [0.2, 0.25) is 0 Å². The molecule has 0 aliphatic rings. The molecule has 1 atom stereocenters. The zero-order valence-electron chi connectivity index (χ0n) is 18.6. The predicted molar refractivity (Wildman–Crippen MR) is 123 cm³/mol. The fraction of sp³-hybridized carbons (Fsp3) is 0.296. The van der Waals surface area contributed by atoms with Crippen LogP contribution in [-0.4, -0.2) is 5.91 Å². The number of para-hydroxylation sites is 1. The van der Waals surface area contributed by atoms with Gasteiger partial charge < -0.3 is 10.1 Å². The Morgan fingerprint density at radius 3 is 2.35 bits per heavy atom. The van der Waals surface area contributed by atoms with Gasteiger partial charge in [0.05, 0.1) is 6.04 Å². The molecule has 0 aliphatic heterocycles. The summed E-state index contributed by atoms with van der Waals surface area (Å²) in [5.41, 5.74) is 4.87. The first-order valence-corrected chi connectivity index (χ1v) is 10.7. The van der Waals surface area contributed by atoms with Crippen LogP contribution in [0.15, 0.2) is 66.7 Å². The van der Waals surface area contributed by atoms with Crippen LogP contribution in [0.5, 0.6) is 5.75 Å². The van der Waals surface area contributed by atoms with Crippen molar-refractivity contribution in [3.63, 3.8) is 0 Å². The molecule has 4 heteroatoms. The first kappa shape index (κ1) is 22.5. The van der Waals surface area contributed by atoms with E-state index in [9.17, 15) is 9.18 Å². The predicted octanol–water partition coefficient (Wildman–Crippen LogP) is 6.54. The van der Waals surface area contributed by atoms with Crippen molar-refractivity contribution in [1.29, 1.82) is 0 Å². The highest BCUT2D eigenvalue weighted by molar-refractivity contribution is 5.94. The number of hydrogen-bond acceptors (Lipinski definition) is 2. The summed E-state index contributed by atoms with van der Waals surface area (Å²) >= 11 is 0. The molecule has 31 heavy (non-hydrogen) atoms. The number of ether oxygens (including phenoxy) is 1. The largest absolute Gasteiger partial charge is 0.486 e. The van der Waals surface area contributed by atoms with E-state index in [4.69, 9.17) is 4.74 Å². The molecule has 3 aromatic rings. The van der Waals surface area contributed by atoms with Crippen molar-refractivity contribution >= 4 is 5.91 Å². The number of nitrogens with one attached hydrogen (secondary N) is 1. The van der Waals surface area contributed by atoms with Gasteiger partial charge in [-0.2, -0.15) is 0 Å². The van der Waals surface area contributed by atoms with Gasteiger partial charge in [-0.1, -0.05) is 67.4 Å². The van der Waals surface area contributed by atoms with Crippen LogP contribution in [0.25, 0.3) is 0 Å². The number of carbonyl (C=O) groups excluding carboxylic acids is 1. The second-order valence-electron chi connectivity index (χ2n) is 8.50. The lowest BCUT2D eigenvalue weighted by atomic mass is 9.94. The molecule has 1 unspecified atom stereocenters. The third kappa shape index (κ3) is 6.42. The maximum atomic E-state index is 13.8. The smallest absolute Gasteiger partial charge is 0.251 e. The molecule has 0 heterocycles. The summed E-state index contributed by atoms with van der Waals surface area (Å²) in [6, 6.07) is 19.9. The molecule has 3 rings (SSSR count). The van der Waals surface area contributed by atoms with E-state index in [0.717, 1.165) is 17.5 Å². The number of aryl methyl sites for hydroxylation is 2. The van der Waals surface area contributed by atoms with Crippen LogP contribution in [0.4, 0.5) is 4.39 Å². The molecule has 0 saturated heterocycles. The summed E-state index contributed by atoms with van der Waals surface area (Å²) in [6.45, 7) is 8.65. The van der Waals surface area contributed by atoms with Crippen LogP contribution >= 0.6 is 0 Å². The molecule has 1 N–H and O–H groups in total. The van der Waals surface area contributed by atoms with Crippen molar-refractivity contribution in [1.82, 2.24) is 5.32 Å². The minimum Gasteiger partial charge on any atom is -0.486 e. The summed E-state index contributed by atoms with van der Waals surface area (Å²) in [5.74, 6) is 0.106. The van der Waals surface area contributed by atoms with Crippen molar-refractivity contribution in [2.24, 2.45) is 5.92 Å². The van der Waals surface area contributed by atoms with Crippen molar-refractivity contribution in [3.05, 3.63) is 100 Å². The number of hydrogen-bond donors (Lipinski definition) is 1. The molecule has 1 amide bonds. The third-order valence-electron chi connectivity index (χ3n) is 5.08. The van der Waals surface area contributed by atoms with Gasteiger partial charge in [-0.15, -0.1) is 0 Å². The molecule has 0 radical (unpaired) electrons. The Balaban J connectivity index is 1.74. The SMILES string of the molecule is Cc1cc(C)cc(C(CC(C)C)NC(=O)c2cccc(COc3ccccc3F)c2)c1. The Hall–Kier alpha value is -3.14. The summed E-state index contributed by atoms with van der Waals surface area (Å²) in [4.78, 5) is 13.0. The van der Waals surface area contributed by atoms with E-state index in [0.29, 0.717) is 11.5 Å². The number of amides is 1. The summed E-state index contributed by atoms with van der Waals surface area (Å²) in [5, 5.41) is 3.21. The third-order valence-corrected chi connectivity index (χ3v) is 5.08. The molecule has 162 valence electrons. The summed E-state index contributed by atoms with van der Waals surface area (Å²) in [6.07, 6.45) is 0.852. The van der Waals surface area contributed by atoms with Crippen LogP contribution in [0, 0.1) is 25.6 Å². The van der Waals surface area contributed by atoms with Crippen molar-refractivity contribution in [2.75, 3.05) is 0 Å². The second kappa shape index (κ2) is 10.3. The van der Waals surface area contributed by atoms with E-state index in [1.807, 2.05) is 12.1 Å². The zero-order chi connectivity index (χ0) is 22.4. The highest BCUT2D eigenvalue weighted by Gasteiger charge is 2.18. The Morgan fingerprint density at radius 2 is 1.68 bits per heavy atom. The van der Waals surface area contributed by atoms with Gasteiger partial charge in [0.1, 0.15) is 6.61 Å². The molecular weight excluding hydrogens is 389 g/mol. The Morgan fingerprint density at radius 1 is 0.968 bits per heavy atom. The molecule has 0 spiro atoms. The molecule has 3 aromatic carbocycles. The number of benzene rings is 3. The van der Waals surface area contributed by atoms with Gasteiger partial charge in [0.15, 0.2) is 11.6 Å². The van der Waals surface area contributed by atoms with Gasteiger partial charge in [-0.25, -0.2) is 4.39 Å². The second-order valence-corrected chi connectivity index (χ2v) is 8.50. The first-order chi connectivity index (χ1) is 14.8. The molecule has 3 nitrogen and oxygen atoms in total. The van der Waals surface area contributed by atoms with Gasteiger partial charge in [-0.3, -0.25) is 4.79 Å². The van der Waals surface area contributed by atoms with Crippen molar-refractivity contribution < 1.29 is 13.9 Å². The maximum absolute atomic E-state index is 13.8. The normalized spacial score (nSPS) is 11.9. The summed E-state index contributed by atoms with van der Waals surface area (Å²) in [7, 11) is 0. The lowest BCUT2D eigenvalue weighted by Crippen LogP contribution is -2.29. The van der Waals surface area contributed by atoms with Gasteiger partial charge >= 0.3 is 0 Å². The van der Waals surface area contributed by atoms with Gasteiger partial charge in [0.2, 0.25) is 0 Å². The van der Waals surface area contributed by atoms with Gasteiger partial charge in [-0.05, 0) is 61.6 Å². The molecule has 0 aromatic heterocycles. The quantitative estimate of drug-likeness (QED) is 0.450. The van der Waals surface area contributed by atoms with Crippen LogP contribution in [-0.2, 0) is 6.61 Å². The van der Waals surface area contributed by atoms with Crippen molar-refractivity contribution in [3.8, 4) is 5.75 Å². The fourth-order valence-electron chi connectivity index (χ4n) is 3.73. The van der Waals surface area contributed by atoms with Gasteiger partial charge in [0.25, 0.3) is 5.91 Å². The molecule has 0 aliphatic carbocycles. The van der Waals surface area contributed by atoms with E-state index in [2.05, 4.69) is 51.2 Å². The van der Waals surface area contributed by atoms with Crippen LogP contribution in [0.1, 0.15) is 58.9 Å². The maximum Gasteiger partial charge on any atom is 0.251 e. The van der Waals surface area contributed by atoms with E-state index in [1.54, 1.807) is 30.3 Å². The Labute approximate surface area is 184 Å². The van der Waals surface area contributed by atoms with Crippen LogP contribution in [0.3, 0.4) is 0 Å². The number of rotatable bonds is 8. The lowest BCUT2D eigenvalue weighted by Gasteiger charge is -2.22. The molecular formula is C27H30FNO2. The Bertz CT molecular complexity index is 1020. The van der Waals surface area contributed by atoms with Gasteiger partial charge in [0, 0.05) is 5.56 Å². The molecule has 0 saturated carbocycles. The monoisotopic (exact) mass is 419 g/mol. The molecule has 0 bridgehead atoms. The van der Waals surface area contributed by atoms with E-state index in [-0.39, 0.29) is 24.3 Å². The standard InChI is InChI=1S/C27H30FNO2/c1-18(2)12-25(23-14-19(3)13-20(4)15-23)29-27(30)22-9-7-8-21(16-22)17-31-26-11-6-5-10-24(26)28/h5-11,13-16,18,25H,12,17H2,1-4H3,(H,29,30). The van der Waals surface area contributed by atoms with E-state index in [1.165, 1.54) is 17.2 Å². The zero-order valence-corrected chi connectivity index (χ0v) is 18.6. The summed E-state index contributed by atoms with van der Waals surface area (Å²) < 4.78 is 19.4.